The number of para-hydroxylation sites is 1. The number of pyridine rings is 1. The van der Waals surface area contributed by atoms with Crippen molar-refractivity contribution in [2.24, 2.45) is 4.52 Å². The van der Waals surface area contributed by atoms with Crippen LogP contribution in [0, 0.1) is 0 Å². The van der Waals surface area contributed by atoms with E-state index in [9.17, 15) is 0 Å². The molecule has 0 saturated heterocycles. The van der Waals surface area contributed by atoms with Gasteiger partial charge in [-0.1, -0.05) is 140 Å². The van der Waals surface area contributed by atoms with Crippen molar-refractivity contribution in [2.45, 2.75) is 0 Å². The summed E-state index contributed by atoms with van der Waals surface area (Å²) < 4.78 is 5.93. The lowest BCUT2D eigenvalue weighted by Gasteiger charge is -2.31. The van der Waals surface area contributed by atoms with E-state index >= 15 is 0 Å². The number of nitrogens with zero attached hydrogens (tertiary/aromatic N) is 2. The number of aromatic nitrogens is 1. The number of fused-ring (bicyclic) bond motifs is 1. The molecule has 0 fully saturated rings. The van der Waals surface area contributed by atoms with Crippen LogP contribution < -0.4 is 26.3 Å². The van der Waals surface area contributed by atoms with E-state index in [0.717, 1.165) is 16.6 Å². The van der Waals surface area contributed by atoms with E-state index < -0.39 is 15.3 Å². The molecule has 3 nitrogen and oxygen atoms in total. The fourth-order valence-corrected chi connectivity index (χ4v) is 11.0. The molecule has 6 rings (SSSR count). The van der Waals surface area contributed by atoms with Crippen LogP contribution in [-0.4, -0.2) is 4.98 Å². The summed E-state index contributed by atoms with van der Waals surface area (Å²) in [5, 5.41) is 9.95. The Morgan fingerprint density at radius 3 is 1.58 bits per heavy atom. The standard InChI is InChI=1S/C33H27N3P2/c1-5-17-28(18-6-1)37(29-19-7-2-8-20-29)36-38(30-21-9-3-10-22-30,31-23-11-4-12-24-31)35-32-25-13-15-27-16-14-26-34-33(27)32/h1-26,35H. The Hall–Kier alpha value is -4.03. The van der Waals surface area contributed by atoms with E-state index in [2.05, 4.69) is 151 Å². The first-order valence-electron chi connectivity index (χ1n) is 12.6. The maximum atomic E-state index is 5.93. The number of benzene rings is 5. The molecule has 184 valence electrons. The summed E-state index contributed by atoms with van der Waals surface area (Å²) in [5.41, 5.74) is 1.94. The highest BCUT2D eigenvalue weighted by molar-refractivity contribution is 7.88. The minimum absolute atomic E-state index is 0.949. The van der Waals surface area contributed by atoms with Crippen LogP contribution in [-0.2, 0) is 0 Å². The second-order valence-corrected chi connectivity index (χ2v) is 13.8. The topological polar surface area (TPSA) is 37.3 Å². The third-order valence-corrected chi connectivity index (χ3v) is 12.4. The van der Waals surface area contributed by atoms with E-state index in [1.807, 2.05) is 12.3 Å². The number of hydrogen-bond acceptors (Lipinski definition) is 2. The van der Waals surface area contributed by atoms with Gasteiger partial charge in [-0.15, -0.1) is 0 Å². The molecular weight excluding hydrogens is 500 g/mol. The summed E-state index contributed by atoms with van der Waals surface area (Å²) >= 11 is 0. The van der Waals surface area contributed by atoms with Crippen LogP contribution in [0.4, 0.5) is 5.69 Å². The van der Waals surface area contributed by atoms with E-state index in [1.165, 1.54) is 21.2 Å². The maximum Gasteiger partial charge on any atom is 0.114 e. The molecule has 0 radical (unpaired) electrons. The van der Waals surface area contributed by atoms with Gasteiger partial charge in [-0.2, -0.15) is 0 Å². The first kappa shape index (κ1) is 24.3. The van der Waals surface area contributed by atoms with Crippen molar-refractivity contribution in [1.29, 1.82) is 0 Å². The maximum absolute atomic E-state index is 5.93. The summed E-state index contributed by atoms with van der Waals surface area (Å²) in [5.74, 6) is 0. The summed E-state index contributed by atoms with van der Waals surface area (Å²) in [4.78, 5) is 4.77. The first-order chi connectivity index (χ1) is 18.8. The zero-order chi connectivity index (χ0) is 25.6. The van der Waals surface area contributed by atoms with Crippen LogP contribution in [0.3, 0.4) is 0 Å². The predicted molar refractivity (Wildman–Crippen MR) is 166 cm³/mol. The zero-order valence-corrected chi connectivity index (χ0v) is 22.6. The van der Waals surface area contributed by atoms with Gasteiger partial charge in [-0.05, 0) is 12.1 Å². The van der Waals surface area contributed by atoms with Crippen LogP contribution >= 0.6 is 15.3 Å². The summed E-state index contributed by atoms with van der Waals surface area (Å²) in [6.45, 7) is 0. The van der Waals surface area contributed by atoms with Crippen molar-refractivity contribution in [2.75, 3.05) is 5.09 Å². The molecule has 38 heavy (non-hydrogen) atoms. The van der Waals surface area contributed by atoms with Gasteiger partial charge in [0.05, 0.1) is 19.3 Å². The van der Waals surface area contributed by atoms with Crippen LogP contribution in [0.25, 0.3) is 10.9 Å². The third-order valence-electron chi connectivity index (χ3n) is 6.40. The quantitative estimate of drug-likeness (QED) is 0.219. The van der Waals surface area contributed by atoms with Crippen molar-refractivity contribution in [1.82, 2.24) is 4.98 Å². The smallest absolute Gasteiger partial charge is 0.114 e. The Bertz CT molecular complexity index is 1600. The largest absolute Gasteiger partial charge is 0.343 e. The number of rotatable bonds is 7. The molecule has 0 saturated carbocycles. The molecule has 5 heteroatoms. The minimum atomic E-state index is -2.55. The lowest BCUT2D eigenvalue weighted by Crippen LogP contribution is -2.23. The lowest BCUT2D eigenvalue weighted by atomic mass is 10.2. The number of hydrogen-bond donors (Lipinski definition) is 1. The van der Waals surface area contributed by atoms with E-state index in [1.54, 1.807) is 0 Å². The molecule has 1 N–H and O–H groups in total. The van der Waals surface area contributed by atoms with Gasteiger partial charge >= 0.3 is 0 Å². The molecule has 6 aromatic rings. The lowest BCUT2D eigenvalue weighted by molar-refractivity contribution is 1.41. The van der Waals surface area contributed by atoms with E-state index in [4.69, 9.17) is 9.50 Å². The van der Waals surface area contributed by atoms with Gasteiger partial charge < -0.3 is 5.09 Å². The number of anilines is 1. The molecule has 0 aliphatic heterocycles. The van der Waals surface area contributed by atoms with E-state index in [-0.39, 0.29) is 0 Å². The fraction of sp³-hybridized carbons (Fsp3) is 0. The molecule has 1 aromatic heterocycles. The van der Waals surface area contributed by atoms with Crippen molar-refractivity contribution < 1.29 is 0 Å². The average molecular weight is 528 g/mol. The Kier molecular flexibility index (Phi) is 7.14. The van der Waals surface area contributed by atoms with Crippen LogP contribution in [0.15, 0.2) is 162 Å². The van der Waals surface area contributed by atoms with Crippen LogP contribution in [0.2, 0.25) is 0 Å². The monoisotopic (exact) mass is 527 g/mol. The van der Waals surface area contributed by atoms with Crippen molar-refractivity contribution in [3.05, 3.63) is 158 Å². The molecule has 0 atom stereocenters. The molecule has 1 heterocycles. The molecule has 0 unspecified atom stereocenters. The highest BCUT2D eigenvalue weighted by atomic mass is 31.2. The molecule has 0 aliphatic carbocycles. The third kappa shape index (κ3) is 4.92. The average Bonchev–Trinajstić information content (AvgIpc) is 3.01. The summed E-state index contributed by atoms with van der Waals surface area (Å²) in [7, 11) is -3.58. The zero-order valence-electron chi connectivity index (χ0n) is 20.8. The Balaban J connectivity index is 1.69. The van der Waals surface area contributed by atoms with Gasteiger partial charge in [0.25, 0.3) is 0 Å². The Morgan fingerprint density at radius 2 is 1.03 bits per heavy atom. The minimum Gasteiger partial charge on any atom is -0.343 e. The first-order valence-corrected chi connectivity index (χ1v) is 15.6. The van der Waals surface area contributed by atoms with Crippen LogP contribution in [0.5, 0.6) is 0 Å². The highest BCUT2D eigenvalue weighted by Crippen LogP contribution is 2.56. The summed E-state index contributed by atoms with van der Waals surface area (Å²) in [6, 6.07) is 53.2. The molecule has 0 amide bonds. The number of nitrogens with one attached hydrogen (secondary N) is 1. The molecule has 0 bridgehead atoms. The van der Waals surface area contributed by atoms with Gasteiger partial charge in [0, 0.05) is 32.8 Å². The SMILES string of the molecule is c1ccc(P(N=P(Nc2cccc3cccnc23)(c2ccccc2)c2ccccc2)c2ccccc2)cc1. The van der Waals surface area contributed by atoms with Gasteiger partial charge in [-0.3, -0.25) is 4.98 Å². The second-order valence-electron chi connectivity index (χ2n) is 8.87. The predicted octanol–water partition coefficient (Wildman–Crippen LogP) is 7.46. The normalized spacial score (nSPS) is 11.4. The Labute approximate surface area is 225 Å². The molecule has 0 aliphatic rings. The Morgan fingerprint density at radius 1 is 0.526 bits per heavy atom. The van der Waals surface area contributed by atoms with Gasteiger partial charge in [0.1, 0.15) is 7.21 Å². The molecule has 0 spiro atoms. The van der Waals surface area contributed by atoms with Crippen LogP contribution in [0.1, 0.15) is 0 Å². The van der Waals surface area contributed by atoms with Gasteiger partial charge in [0.2, 0.25) is 0 Å². The van der Waals surface area contributed by atoms with Crippen molar-refractivity contribution >= 4 is 53.1 Å². The van der Waals surface area contributed by atoms with Crippen molar-refractivity contribution in [3.8, 4) is 0 Å². The second kappa shape index (κ2) is 11.2. The highest BCUT2D eigenvalue weighted by Gasteiger charge is 2.29. The fourth-order valence-electron chi connectivity index (χ4n) is 4.58. The summed E-state index contributed by atoms with van der Waals surface area (Å²) in [6.07, 6.45) is 1.86. The van der Waals surface area contributed by atoms with Crippen molar-refractivity contribution in [3.63, 3.8) is 0 Å². The van der Waals surface area contributed by atoms with E-state index in [0.29, 0.717) is 0 Å². The van der Waals surface area contributed by atoms with Gasteiger partial charge in [-0.25, -0.2) is 4.52 Å². The molecular formula is C33H27N3P2. The molecule has 5 aromatic carbocycles. The van der Waals surface area contributed by atoms with Gasteiger partial charge in [0.15, 0.2) is 0 Å².